The number of hydrogen-bond acceptors (Lipinski definition) is 2. The number of carbonyl (C=O) groups excluding carboxylic acids is 1. The Labute approximate surface area is 90.1 Å². The summed E-state index contributed by atoms with van der Waals surface area (Å²) in [5, 5.41) is 10.0. The van der Waals surface area contributed by atoms with E-state index in [0.29, 0.717) is 19.0 Å². The number of β-amino-alcohol motifs (C(OH)–C–C–N with tert-alkyl or cyclic N) is 1. The van der Waals surface area contributed by atoms with Gasteiger partial charge in [-0.1, -0.05) is 18.2 Å². The lowest BCUT2D eigenvalue weighted by Gasteiger charge is -2.46. The van der Waals surface area contributed by atoms with Crippen LogP contribution in [-0.4, -0.2) is 34.6 Å². The lowest BCUT2D eigenvalue weighted by molar-refractivity contribution is -0.154. The minimum Gasteiger partial charge on any atom is -0.386 e. The van der Waals surface area contributed by atoms with E-state index in [4.69, 9.17) is 0 Å². The van der Waals surface area contributed by atoms with E-state index in [1.165, 1.54) is 0 Å². The van der Waals surface area contributed by atoms with Gasteiger partial charge in [-0.25, -0.2) is 0 Å². The van der Waals surface area contributed by atoms with Crippen molar-refractivity contribution in [2.24, 2.45) is 5.92 Å². The summed E-state index contributed by atoms with van der Waals surface area (Å²) in [6.07, 6.45) is 9.22. The molecule has 0 radical (unpaired) electrons. The van der Waals surface area contributed by atoms with Gasteiger partial charge in [0.2, 0.25) is 5.91 Å². The van der Waals surface area contributed by atoms with Gasteiger partial charge in [-0.05, 0) is 25.7 Å². The van der Waals surface area contributed by atoms with Gasteiger partial charge in [0.05, 0.1) is 13.1 Å². The third-order valence-corrected chi connectivity index (χ3v) is 3.12. The number of nitrogens with zero attached hydrogens (tertiary/aromatic N) is 1. The highest BCUT2D eigenvalue weighted by atomic mass is 16.3. The van der Waals surface area contributed by atoms with Gasteiger partial charge in [-0.2, -0.15) is 0 Å². The molecule has 2 aliphatic rings. The number of hydrogen-bond donors (Lipinski definition) is 1. The van der Waals surface area contributed by atoms with Crippen molar-refractivity contribution in [3.63, 3.8) is 0 Å². The maximum absolute atomic E-state index is 11.5. The summed E-state index contributed by atoms with van der Waals surface area (Å²) in [6.45, 7) is 2.93. The van der Waals surface area contributed by atoms with Crippen molar-refractivity contribution in [1.29, 1.82) is 0 Å². The quantitative estimate of drug-likeness (QED) is 0.556. The Hall–Kier alpha value is -1.09. The molecule has 3 nitrogen and oxygen atoms in total. The van der Waals surface area contributed by atoms with Gasteiger partial charge in [-0.3, -0.25) is 4.79 Å². The molecular weight excluding hydrogens is 190 g/mol. The molecule has 0 bridgehead atoms. The Morgan fingerprint density at radius 3 is 2.60 bits per heavy atom. The van der Waals surface area contributed by atoms with Gasteiger partial charge >= 0.3 is 0 Å². The van der Waals surface area contributed by atoms with Crippen LogP contribution in [0.25, 0.3) is 0 Å². The van der Waals surface area contributed by atoms with Gasteiger partial charge in [0.15, 0.2) is 0 Å². The fourth-order valence-corrected chi connectivity index (χ4v) is 2.00. The second kappa shape index (κ2) is 3.81. The van der Waals surface area contributed by atoms with Crippen molar-refractivity contribution in [3.8, 4) is 0 Å². The summed E-state index contributed by atoms with van der Waals surface area (Å²) in [7, 11) is 0. The molecule has 1 heterocycles. The zero-order valence-electron chi connectivity index (χ0n) is 9.02. The molecule has 0 atom stereocenters. The van der Waals surface area contributed by atoms with E-state index >= 15 is 0 Å². The lowest BCUT2D eigenvalue weighted by atomic mass is 9.88. The van der Waals surface area contributed by atoms with E-state index in [1.54, 1.807) is 17.1 Å². The smallest absolute Gasteiger partial charge is 0.246 e. The molecular formula is C12H17NO2. The molecule has 0 aromatic carbocycles. The first kappa shape index (κ1) is 10.4. The Balaban J connectivity index is 1.80. The predicted molar refractivity (Wildman–Crippen MR) is 58.2 cm³/mol. The zero-order chi connectivity index (χ0) is 10.9. The molecule has 1 aliphatic carbocycles. The third-order valence-electron chi connectivity index (χ3n) is 3.12. The normalized spacial score (nSPS) is 24.8. The summed E-state index contributed by atoms with van der Waals surface area (Å²) in [5.74, 6) is 0.444. The molecule has 2 fully saturated rings. The zero-order valence-corrected chi connectivity index (χ0v) is 9.02. The molecule has 0 aromatic rings. The van der Waals surface area contributed by atoms with Gasteiger partial charge in [0, 0.05) is 6.08 Å². The monoisotopic (exact) mass is 207 g/mol. The van der Waals surface area contributed by atoms with E-state index in [9.17, 15) is 9.90 Å². The van der Waals surface area contributed by atoms with Crippen molar-refractivity contribution >= 4 is 5.91 Å². The van der Waals surface area contributed by atoms with Gasteiger partial charge in [0.25, 0.3) is 0 Å². The second-order valence-corrected chi connectivity index (χ2v) is 4.46. The average molecular weight is 207 g/mol. The van der Waals surface area contributed by atoms with Crippen LogP contribution in [0.1, 0.15) is 19.8 Å². The standard InChI is InChI=1S/C12H17NO2/c1-2-3-4-5-11(14)13-8-12(15,9-13)10-6-7-10/h2-5,10,15H,6-9H2,1H3. The summed E-state index contributed by atoms with van der Waals surface area (Å²) in [5.41, 5.74) is -0.565. The topological polar surface area (TPSA) is 40.5 Å². The van der Waals surface area contributed by atoms with E-state index in [1.807, 2.05) is 19.1 Å². The molecule has 1 N–H and O–H groups in total. The van der Waals surface area contributed by atoms with Crippen LogP contribution in [0.5, 0.6) is 0 Å². The number of likely N-dealkylation sites (tertiary alicyclic amines) is 1. The summed E-state index contributed by atoms with van der Waals surface area (Å²) >= 11 is 0. The Bertz CT molecular complexity index is 310. The molecule has 82 valence electrons. The van der Waals surface area contributed by atoms with E-state index in [0.717, 1.165) is 12.8 Å². The SMILES string of the molecule is CC=CC=CC(=O)N1CC(O)(C2CC2)C1. The van der Waals surface area contributed by atoms with Gasteiger partial charge in [0.1, 0.15) is 5.60 Å². The number of amides is 1. The molecule has 2 rings (SSSR count). The summed E-state index contributed by atoms with van der Waals surface area (Å²) < 4.78 is 0. The Kier molecular flexibility index (Phi) is 2.65. The number of carbonyl (C=O) groups is 1. The molecule has 3 heteroatoms. The predicted octanol–water partition coefficient (Wildman–Crippen LogP) is 1.10. The molecule has 0 unspecified atom stereocenters. The highest BCUT2D eigenvalue weighted by Crippen LogP contribution is 2.44. The Morgan fingerprint density at radius 2 is 2.07 bits per heavy atom. The van der Waals surface area contributed by atoms with E-state index in [2.05, 4.69) is 0 Å². The van der Waals surface area contributed by atoms with Crippen LogP contribution in [0.15, 0.2) is 24.3 Å². The van der Waals surface area contributed by atoms with Crippen LogP contribution in [0.3, 0.4) is 0 Å². The maximum Gasteiger partial charge on any atom is 0.246 e. The Morgan fingerprint density at radius 1 is 1.40 bits per heavy atom. The van der Waals surface area contributed by atoms with Crippen molar-refractivity contribution < 1.29 is 9.90 Å². The van der Waals surface area contributed by atoms with Crippen LogP contribution in [0, 0.1) is 5.92 Å². The minimum atomic E-state index is -0.565. The van der Waals surface area contributed by atoms with Crippen molar-refractivity contribution in [2.75, 3.05) is 13.1 Å². The molecule has 1 aliphatic heterocycles. The molecule has 1 amide bonds. The average Bonchev–Trinajstić information content (AvgIpc) is 2.96. The highest BCUT2D eigenvalue weighted by molar-refractivity contribution is 5.88. The van der Waals surface area contributed by atoms with Crippen molar-refractivity contribution in [3.05, 3.63) is 24.3 Å². The van der Waals surface area contributed by atoms with Crippen molar-refractivity contribution in [1.82, 2.24) is 4.90 Å². The molecule has 15 heavy (non-hydrogen) atoms. The first-order valence-electron chi connectivity index (χ1n) is 5.46. The maximum atomic E-state index is 11.5. The molecule has 1 saturated heterocycles. The fourth-order valence-electron chi connectivity index (χ4n) is 2.00. The second-order valence-electron chi connectivity index (χ2n) is 4.46. The van der Waals surface area contributed by atoms with Crippen LogP contribution in [0.2, 0.25) is 0 Å². The summed E-state index contributed by atoms with van der Waals surface area (Å²) in [4.78, 5) is 13.2. The minimum absolute atomic E-state index is 0.00146. The number of rotatable bonds is 3. The van der Waals surface area contributed by atoms with Gasteiger partial charge < -0.3 is 10.0 Å². The first-order valence-corrected chi connectivity index (χ1v) is 5.46. The largest absolute Gasteiger partial charge is 0.386 e. The van der Waals surface area contributed by atoms with Crippen LogP contribution >= 0.6 is 0 Å². The van der Waals surface area contributed by atoms with Crippen LogP contribution in [0.4, 0.5) is 0 Å². The van der Waals surface area contributed by atoms with E-state index in [-0.39, 0.29) is 5.91 Å². The number of allylic oxidation sites excluding steroid dienone is 3. The highest BCUT2D eigenvalue weighted by Gasteiger charge is 2.52. The van der Waals surface area contributed by atoms with Gasteiger partial charge in [-0.15, -0.1) is 0 Å². The van der Waals surface area contributed by atoms with Crippen LogP contribution in [-0.2, 0) is 4.79 Å². The summed E-state index contributed by atoms with van der Waals surface area (Å²) in [6, 6.07) is 0. The molecule has 0 aromatic heterocycles. The van der Waals surface area contributed by atoms with Crippen molar-refractivity contribution in [2.45, 2.75) is 25.4 Å². The molecule has 0 spiro atoms. The fraction of sp³-hybridized carbons (Fsp3) is 0.583. The van der Waals surface area contributed by atoms with Crippen LogP contribution < -0.4 is 0 Å². The molecule has 1 saturated carbocycles. The number of aliphatic hydroxyl groups is 1. The lowest BCUT2D eigenvalue weighted by Crippen LogP contribution is -2.64. The third kappa shape index (κ3) is 2.12. The first-order chi connectivity index (χ1) is 7.15. The van der Waals surface area contributed by atoms with E-state index < -0.39 is 5.60 Å².